The third-order valence-electron chi connectivity index (χ3n) is 8.63. The summed E-state index contributed by atoms with van der Waals surface area (Å²) in [5.74, 6) is -1.81. The largest absolute Gasteiger partial charge is 0.507 e. The molecule has 6 atom stereocenters. The molecule has 2 fully saturated rings. The van der Waals surface area contributed by atoms with Crippen LogP contribution in [0.2, 0.25) is 0 Å². The predicted octanol–water partition coefficient (Wildman–Crippen LogP) is 2.26. The van der Waals surface area contributed by atoms with Gasteiger partial charge in [-0.2, -0.15) is 0 Å². The van der Waals surface area contributed by atoms with Gasteiger partial charge in [0.15, 0.2) is 12.1 Å². The van der Waals surface area contributed by atoms with Gasteiger partial charge in [-0.25, -0.2) is 0 Å². The van der Waals surface area contributed by atoms with Gasteiger partial charge in [-0.3, -0.25) is 9.59 Å². The number of benzene rings is 2. The smallest absolute Gasteiger partial charge is 0.202 e. The van der Waals surface area contributed by atoms with E-state index in [9.17, 15) is 24.9 Å². The van der Waals surface area contributed by atoms with E-state index in [1.807, 2.05) is 13.8 Å². The standard InChI is InChI=1S/C28H31NO9/c1-11-22(30)14(29)8-17(36-11)37-16-10-28(27(2,3)38-28)9-13-19(16)26(34)21-20(24(13)32)23(31)12-6-5-7-15(35-4)18(12)25(21)33/h5-7,11,14,16-17,22,30,32,34H,8-10,29H2,1-4H3/t11-,14-,16-,17-,22+,28-/m0/s1. The molecule has 0 amide bonds. The molecule has 10 nitrogen and oxygen atoms in total. The highest BCUT2D eigenvalue weighted by molar-refractivity contribution is 6.31. The van der Waals surface area contributed by atoms with Crippen LogP contribution in [0.3, 0.4) is 0 Å². The van der Waals surface area contributed by atoms with Crippen LogP contribution in [0.25, 0.3) is 0 Å². The van der Waals surface area contributed by atoms with Crippen LogP contribution < -0.4 is 10.5 Å². The number of phenolic OH excluding ortho intramolecular Hbond substituents is 2. The molecule has 2 aromatic carbocycles. The molecule has 10 heteroatoms. The molecular formula is C28H31NO9. The number of hydrogen-bond acceptors (Lipinski definition) is 10. The first-order chi connectivity index (χ1) is 17.9. The summed E-state index contributed by atoms with van der Waals surface area (Å²) in [7, 11) is 1.39. The quantitative estimate of drug-likeness (QED) is 0.295. The summed E-state index contributed by atoms with van der Waals surface area (Å²) < 4.78 is 23.6. The van der Waals surface area contributed by atoms with Crippen LogP contribution in [0.15, 0.2) is 18.2 Å². The number of fused-ring (bicyclic) bond motifs is 3. The molecule has 0 aromatic heterocycles. The molecule has 0 radical (unpaired) electrons. The number of methoxy groups -OCH3 is 1. The number of epoxide rings is 1. The zero-order valence-electron chi connectivity index (χ0n) is 21.6. The van der Waals surface area contributed by atoms with Crippen molar-refractivity contribution in [3.05, 3.63) is 51.6 Å². The average Bonchev–Trinajstić information content (AvgIpc) is 3.39. The van der Waals surface area contributed by atoms with Crippen LogP contribution in [-0.4, -0.2) is 69.7 Å². The summed E-state index contributed by atoms with van der Waals surface area (Å²) in [6.07, 6.45) is -2.36. The first-order valence-electron chi connectivity index (χ1n) is 12.7. The fourth-order valence-electron chi connectivity index (χ4n) is 6.38. The fourth-order valence-corrected chi connectivity index (χ4v) is 6.38. The number of phenols is 2. The number of nitrogens with two attached hydrogens (primary N) is 1. The number of aliphatic hydroxyl groups excluding tert-OH is 1. The van der Waals surface area contributed by atoms with Crippen LogP contribution in [-0.2, 0) is 20.6 Å². The maximum Gasteiger partial charge on any atom is 0.202 e. The third kappa shape index (κ3) is 3.37. The van der Waals surface area contributed by atoms with Crippen LogP contribution in [0.5, 0.6) is 17.2 Å². The summed E-state index contributed by atoms with van der Waals surface area (Å²) in [6.45, 7) is 5.54. The van der Waals surface area contributed by atoms with Crippen LogP contribution in [0.1, 0.15) is 82.7 Å². The van der Waals surface area contributed by atoms with Gasteiger partial charge >= 0.3 is 0 Å². The highest BCUT2D eigenvalue weighted by Crippen LogP contribution is 2.61. The lowest BCUT2D eigenvalue weighted by Crippen LogP contribution is -2.52. The Bertz CT molecular complexity index is 1370. The minimum atomic E-state index is -0.853. The van der Waals surface area contributed by atoms with Crippen LogP contribution in [0, 0.1) is 0 Å². The Labute approximate surface area is 219 Å². The first-order valence-corrected chi connectivity index (χ1v) is 12.7. The van der Waals surface area contributed by atoms with E-state index in [0.29, 0.717) is 12.0 Å². The Kier molecular flexibility index (Phi) is 5.48. The Morgan fingerprint density at radius 3 is 2.39 bits per heavy atom. The number of aliphatic hydroxyl groups is 1. The molecule has 0 unspecified atom stereocenters. The number of ketones is 2. The zero-order valence-corrected chi connectivity index (χ0v) is 21.6. The minimum Gasteiger partial charge on any atom is -0.507 e. The van der Waals surface area contributed by atoms with E-state index in [4.69, 9.17) is 24.7 Å². The highest BCUT2D eigenvalue weighted by Gasteiger charge is 2.67. The average molecular weight is 526 g/mol. The molecule has 4 aliphatic rings. The van der Waals surface area contributed by atoms with Crippen molar-refractivity contribution in [1.82, 2.24) is 0 Å². The molecule has 2 saturated heterocycles. The Hall–Kier alpha value is -3.02. The normalized spacial score (nSPS) is 32.9. The third-order valence-corrected chi connectivity index (χ3v) is 8.63. The van der Waals surface area contributed by atoms with Gasteiger partial charge in [-0.15, -0.1) is 0 Å². The Balaban J connectivity index is 1.50. The number of rotatable bonds is 3. The molecule has 6 rings (SSSR count). The van der Waals surface area contributed by atoms with Crippen molar-refractivity contribution < 1.29 is 43.9 Å². The highest BCUT2D eigenvalue weighted by atomic mass is 16.7. The van der Waals surface area contributed by atoms with Crippen LogP contribution >= 0.6 is 0 Å². The van der Waals surface area contributed by atoms with E-state index < -0.39 is 59.2 Å². The van der Waals surface area contributed by atoms with Crippen molar-refractivity contribution in [3.63, 3.8) is 0 Å². The second-order valence-corrected chi connectivity index (χ2v) is 11.2. The molecule has 5 N–H and O–H groups in total. The van der Waals surface area contributed by atoms with E-state index in [1.54, 1.807) is 19.1 Å². The lowest BCUT2D eigenvalue weighted by atomic mass is 9.72. The number of carbonyl (C=O) groups is 2. The summed E-state index contributed by atoms with van der Waals surface area (Å²) in [4.78, 5) is 27.3. The van der Waals surface area contributed by atoms with Crippen LogP contribution in [0.4, 0.5) is 0 Å². The topological polar surface area (TPSA) is 161 Å². The van der Waals surface area contributed by atoms with Gasteiger partial charge < -0.3 is 40.0 Å². The molecule has 0 saturated carbocycles. The number of hydrogen-bond donors (Lipinski definition) is 4. The molecule has 202 valence electrons. The van der Waals surface area contributed by atoms with Gasteiger partial charge in [0.2, 0.25) is 5.78 Å². The van der Waals surface area contributed by atoms with Crippen molar-refractivity contribution in [2.24, 2.45) is 5.73 Å². The summed E-state index contributed by atoms with van der Waals surface area (Å²) in [5.41, 5.74) is 4.95. The number of aromatic hydroxyl groups is 2. The SMILES string of the molecule is COc1cccc2c1C(=O)c1c(O)c3c(c(O)c1C2=O)C[C@@]1(C[C@@H]3O[C@H]2C[C@H](N)[C@H](O)[C@H](C)O2)OC1(C)C. The molecule has 2 aliphatic heterocycles. The van der Waals surface area contributed by atoms with E-state index >= 15 is 0 Å². The number of carbonyl (C=O) groups excluding carboxylic acids is 2. The van der Waals surface area contributed by atoms with Crippen molar-refractivity contribution in [1.29, 1.82) is 0 Å². The predicted molar refractivity (Wildman–Crippen MR) is 133 cm³/mol. The second-order valence-electron chi connectivity index (χ2n) is 11.2. The lowest BCUT2D eigenvalue weighted by molar-refractivity contribution is -0.243. The van der Waals surface area contributed by atoms with Gasteiger partial charge in [-0.05, 0) is 26.8 Å². The maximum absolute atomic E-state index is 13.7. The molecule has 2 aliphatic carbocycles. The molecule has 2 heterocycles. The Morgan fingerprint density at radius 1 is 1.08 bits per heavy atom. The van der Waals surface area contributed by atoms with E-state index in [-0.39, 0.29) is 52.2 Å². The zero-order chi connectivity index (χ0) is 27.3. The second kappa shape index (κ2) is 8.24. The van der Waals surface area contributed by atoms with Crippen molar-refractivity contribution in [2.75, 3.05) is 7.11 Å². The Morgan fingerprint density at radius 2 is 1.76 bits per heavy atom. The molecule has 0 bridgehead atoms. The van der Waals surface area contributed by atoms with Gasteiger partial charge in [0.25, 0.3) is 0 Å². The fraction of sp³-hybridized carbons (Fsp3) is 0.500. The summed E-state index contributed by atoms with van der Waals surface area (Å²) in [6, 6.07) is 4.07. The van der Waals surface area contributed by atoms with Gasteiger partial charge in [-0.1, -0.05) is 12.1 Å². The monoisotopic (exact) mass is 525 g/mol. The maximum atomic E-state index is 13.7. The van der Waals surface area contributed by atoms with E-state index in [2.05, 4.69) is 0 Å². The molecule has 1 spiro atoms. The van der Waals surface area contributed by atoms with Gasteiger partial charge in [0.1, 0.15) is 22.8 Å². The summed E-state index contributed by atoms with van der Waals surface area (Å²) in [5, 5.41) is 33.3. The lowest BCUT2D eigenvalue weighted by Gasteiger charge is -2.40. The van der Waals surface area contributed by atoms with Crippen molar-refractivity contribution in [3.8, 4) is 17.2 Å². The van der Waals surface area contributed by atoms with Gasteiger partial charge in [0.05, 0.1) is 47.7 Å². The van der Waals surface area contributed by atoms with E-state index in [0.717, 1.165) is 0 Å². The van der Waals surface area contributed by atoms with Crippen molar-refractivity contribution >= 4 is 11.6 Å². The van der Waals surface area contributed by atoms with E-state index in [1.165, 1.54) is 13.2 Å². The number of ether oxygens (including phenoxy) is 4. The minimum absolute atomic E-state index is 0.0305. The summed E-state index contributed by atoms with van der Waals surface area (Å²) >= 11 is 0. The van der Waals surface area contributed by atoms with Crippen molar-refractivity contribution in [2.45, 2.75) is 81.9 Å². The molecular weight excluding hydrogens is 494 g/mol. The molecule has 38 heavy (non-hydrogen) atoms. The first kappa shape index (κ1) is 25.3. The van der Waals surface area contributed by atoms with Gasteiger partial charge in [0, 0.05) is 42.0 Å². The molecule has 2 aromatic rings.